The van der Waals surface area contributed by atoms with Gasteiger partial charge >= 0.3 is 5.38 Å². The molecule has 0 fully saturated rings. The van der Waals surface area contributed by atoms with Gasteiger partial charge in [-0.15, -0.1) is 0 Å². The molecule has 3 rings (SSSR count). The minimum Gasteiger partial charge on any atom is -0.344 e. The Bertz CT molecular complexity index is 922. The first-order chi connectivity index (χ1) is 11.8. The van der Waals surface area contributed by atoms with Gasteiger partial charge in [-0.05, 0) is 37.1 Å². The van der Waals surface area contributed by atoms with Crippen molar-refractivity contribution in [2.24, 2.45) is 0 Å². The lowest BCUT2D eigenvalue weighted by molar-refractivity contribution is 0.0863. The number of hydrogen-bond donors (Lipinski definition) is 1. The summed E-state index contributed by atoms with van der Waals surface area (Å²) in [7, 11) is 0. The van der Waals surface area contributed by atoms with E-state index in [0.29, 0.717) is 5.69 Å². The zero-order chi connectivity index (χ0) is 18.2. The molecule has 1 unspecified atom stereocenters. The standard InChI is InChI=1S/C17H15ClF2N4O/c1-10-8-14(17(18,19)20)24-15(21-10)9-13(23-24)16(25)22-11(2)12-6-4-3-5-7-12/h3-9,11H,1-2H3,(H,22,25). The van der Waals surface area contributed by atoms with Crippen molar-refractivity contribution in [2.45, 2.75) is 25.3 Å². The molecule has 3 aromatic rings. The lowest BCUT2D eigenvalue weighted by Gasteiger charge is -2.13. The monoisotopic (exact) mass is 364 g/mol. The second-order valence-corrected chi connectivity index (χ2v) is 6.16. The average Bonchev–Trinajstić information content (AvgIpc) is 2.97. The van der Waals surface area contributed by atoms with Gasteiger partial charge < -0.3 is 5.32 Å². The number of nitrogens with zero attached hydrogens (tertiary/aromatic N) is 3. The predicted molar refractivity (Wildman–Crippen MR) is 89.8 cm³/mol. The Labute approximate surface area is 147 Å². The lowest BCUT2D eigenvalue weighted by Crippen LogP contribution is -2.27. The number of carbonyl (C=O) groups is 1. The summed E-state index contributed by atoms with van der Waals surface area (Å²) >= 11 is 5.14. The van der Waals surface area contributed by atoms with Crippen LogP contribution in [0, 0.1) is 6.92 Å². The Morgan fingerprint density at radius 2 is 1.96 bits per heavy atom. The molecule has 8 heteroatoms. The molecule has 1 N–H and O–H groups in total. The second-order valence-electron chi connectivity index (χ2n) is 5.69. The fraction of sp³-hybridized carbons (Fsp3) is 0.235. The maximum atomic E-state index is 13.6. The Morgan fingerprint density at radius 1 is 1.28 bits per heavy atom. The third-order valence-corrected chi connectivity index (χ3v) is 3.92. The first kappa shape index (κ1) is 17.3. The Morgan fingerprint density at radius 3 is 2.60 bits per heavy atom. The number of benzene rings is 1. The second kappa shape index (κ2) is 6.40. The SMILES string of the molecule is Cc1cc(C(F)(F)Cl)n2nc(C(=O)NC(C)c3ccccc3)cc2n1. The van der Waals surface area contributed by atoms with E-state index in [1.54, 1.807) is 6.92 Å². The van der Waals surface area contributed by atoms with Gasteiger partial charge in [-0.3, -0.25) is 4.79 Å². The molecule has 0 spiro atoms. The highest BCUT2D eigenvalue weighted by atomic mass is 35.5. The molecule has 0 saturated heterocycles. The minimum absolute atomic E-state index is 0.0111. The Kier molecular flexibility index (Phi) is 4.43. The van der Waals surface area contributed by atoms with Gasteiger partial charge in [0.25, 0.3) is 5.91 Å². The maximum absolute atomic E-state index is 13.6. The summed E-state index contributed by atoms with van der Waals surface area (Å²) < 4.78 is 28.1. The number of aryl methyl sites for hydroxylation is 1. The van der Waals surface area contributed by atoms with Crippen molar-refractivity contribution < 1.29 is 13.6 Å². The van der Waals surface area contributed by atoms with Crippen molar-refractivity contribution in [1.82, 2.24) is 19.9 Å². The number of halogens is 3. The molecule has 2 aromatic heterocycles. The number of alkyl halides is 3. The predicted octanol–water partition coefficient (Wildman–Crippen LogP) is 3.82. The summed E-state index contributed by atoms with van der Waals surface area (Å²) in [5.41, 5.74) is 0.858. The fourth-order valence-electron chi connectivity index (χ4n) is 2.51. The molecule has 0 aliphatic carbocycles. The van der Waals surface area contributed by atoms with Crippen molar-refractivity contribution in [3.8, 4) is 0 Å². The van der Waals surface area contributed by atoms with Crippen LogP contribution in [0.25, 0.3) is 5.65 Å². The Balaban J connectivity index is 1.93. The molecule has 1 atom stereocenters. The molecular formula is C17H15ClF2N4O. The van der Waals surface area contributed by atoms with E-state index in [1.807, 2.05) is 37.3 Å². The van der Waals surface area contributed by atoms with Crippen LogP contribution in [0.1, 0.15) is 40.4 Å². The molecule has 25 heavy (non-hydrogen) atoms. The quantitative estimate of drug-likeness (QED) is 0.716. The molecule has 2 heterocycles. The van der Waals surface area contributed by atoms with E-state index >= 15 is 0 Å². The average molecular weight is 365 g/mol. The molecule has 0 radical (unpaired) electrons. The summed E-state index contributed by atoms with van der Waals surface area (Å²) in [6.07, 6.45) is 0. The van der Waals surface area contributed by atoms with Crippen LogP contribution < -0.4 is 5.32 Å². The van der Waals surface area contributed by atoms with Gasteiger partial charge in [-0.25, -0.2) is 9.50 Å². The van der Waals surface area contributed by atoms with E-state index in [-0.39, 0.29) is 17.4 Å². The molecule has 1 amide bonds. The summed E-state index contributed by atoms with van der Waals surface area (Å²) in [6, 6.07) is 11.6. The maximum Gasteiger partial charge on any atom is 0.364 e. The van der Waals surface area contributed by atoms with Gasteiger partial charge in [0.2, 0.25) is 0 Å². The minimum atomic E-state index is -3.62. The number of carbonyl (C=O) groups excluding carboxylic acids is 1. The van der Waals surface area contributed by atoms with Crippen molar-refractivity contribution in [2.75, 3.05) is 0 Å². The van der Waals surface area contributed by atoms with Crippen molar-refractivity contribution >= 4 is 23.2 Å². The molecular weight excluding hydrogens is 350 g/mol. The summed E-state index contributed by atoms with van der Waals surface area (Å²) in [5.74, 6) is -0.483. The van der Waals surface area contributed by atoms with E-state index in [2.05, 4.69) is 15.4 Å². The molecule has 130 valence electrons. The van der Waals surface area contributed by atoms with Crippen LogP contribution in [-0.2, 0) is 5.38 Å². The van der Waals surface area contributed by atoms with Gasteiger partial charge in [0.05, 0.1) is 6.04 Å². The van der Waals surface area contributed by atoms with Gasteiger partial charge in [-0.1, -0.05) is 30.3 Å². The van der Waals surface area contributed by atoms with Crippen LogP contribution in [0.4, 0.5) is 8.78 Å². The van der Waals surface area contributed by atoms with E-state index in [4.69, 9.17) is 11.6 Å². The molecule has 0 aliphatic heterocycles. The van der Waals surface area contributed by atoms with Gasteiger partial charge in [0.15, 0.2) is 11.3 Å². The van der Waals surface area contributed by atoms with Gasteiger partial charge in [-0.2, -0.15) is 13.9 Å². The fourth-order valence-corrected chi connectivity index (χ4v) is 2.64. The molecule has 5 nitrogen and oxygen atoms in total. The summed E-state index contributed by atoms with van der Waals surface area (Å²) in [5, 5.41) is 3.11. The van der Waals surface area contributed by atoms with Crippen LogP contribution in [0.15, 0.2) is 42.5 Å². The normalized spacial score (nSPS) is 13.0. The van der Waals surface area contributed by atoms with Crippen LogP contribution in [0.3, 0.4) is 0 Å². The number of rotatable bonds is 4. The van der Waals surface area contributed by atoms with E-state index in [0.717, 1.165) is 16.1 Å². The molecule has 0 aliphatic rings. The smallest absolute Gasteiger partial charge is 0.344 e. The van der Waals surface area contributed by atoms with Crippen LogP contribution in [0.2, 0.25) is 0 Å². The lowest BCUT2D eigenvalue weighted by atomic mass is 10.1. The van der Waals surface area contributed by atoms with Gasteiger partial charge in [0.1, 0.15) is 5.69 Å². The number of fused-ring (bicyclic) bond motifs is 1. The zero-order valence-corrected chi connectivity index (χ0v) is 14.3. The zero-order valence-electron chi connectivity index (χ0n) is 13.5. The number of aromatic nitrogens is 3. The van der Waals surface area contributed by atoms with Crippen LogP contribution in [0.5, 0.6) is 0 Å². The number of nitrogens with one attached hydrogen (secondary N) is 1. The van der Waals surface area contributed by atoms with Crippen LogP contribution >= 0.6 is 11.6 Å². The number of amides is 1. The summed E-state index contributed by atoms with van der Waals surface area (Å²) in [6.45, 7) is 3.39. The third kappa shape index (κ3) is 3.61. The Hall–Kier alpha value is -2.54. The highest BCUT2D eigenvalue weighted by Crippen LogP contribution is 2.32. The first-order valence-electron chi connectivity index (χ1n) is 7.56. The van der Waals surface area contributed by atoms with Crippen molar-refractivity contribution in [3.05, 3.63) is 65.1 Å². The highest BCUT2D eigenvalue weighted by Gasteiger charge is 2.32. The van der Waals surface area contributed by atoms with Gasteiger partial charge in [0, 0.05) is 11.8 Å². The largest absolute Gasteiger partial charge is 0.364 e. The number of hydrogen-bond acceptors (Lipinski definition) is 3. The first-order valence-corrected chi connectivity index (χ1v) is 7.94. The van der Waals surface area contributed by atoms with Crippen LogP contribution in [-0.4, -0.2) is 20.5 Å². The molecule has 0 saturated carbocycles. The molecule has 0 bridgehead atoms. The highest BCUT2D eigenvalue weighted by molar-refractivity contribution is 6.21. The van der Waals surface area contributed by atoms with E-state index in [1.165, 1.54) is 6.07 Å². The summed E-state index contributed by atoms with van der Waals surface area (Å²) in [4.78, 5) is 16.5. The van der Waals surface area contributed by atoms with E-state index < -0.39 is 17.0 Å². The van der Waals surface area contributed by atoms with Crippen molar-refractivity contribution in [3.63, 3.8) is 0 Å². The molecule has 1 aromatic carbocycles. The van der Waals surface area contributed by atoms with Crippen molar-refractivity contribution in [1.29, 1.82) is 0 Å². The third-order valence-electron chi connectivity index (χ3n) is 3.73. The topological polar surface area (TPSA) is 59.3 Å². The van der Waals surface area contributed by atoms with E-state index in [9.17, 15) is 13.6 Å².